The fourth-order valence-corrected chi connectivity index (χ4v) is 4.56. The second kappa shape index (κ2) is 11.4. The van der Waals surface area contributed by atoms with E-state index in [1.165, 1.54) is 12.1 Å². The fraction of sp³-hybridized carbons (Fsp3) is 0.500. The van der Waals surface area contributed by atoms with Gasteiger partial charge in [-0.25, -0.2) is 4.39 Å². The van der Waals surface area contributed by atoms with Gasteiger partial charge in [0.05, 0.1) is 11.7 Å². The van der Waals surface area contributed by atoms with Crippen molar-refractivity contribution in [2.24, 2.45) is 11.8 Å². The molecule has 0 saturated heterocycles. The highest BCUT2D eigenvalue weighted by molar-refractivity contribution is 5.99. The summed E-state index contributed by atoms with van der Waals surface area (Å²) in [6.07, 6.45) is 1.66. The molecule has 36 heavy (non-hydrogen) atoms. The molecule has 8 heteroatoms. The zero-order valence-electron chi connectivity index (χ0n) is 21.5. The first-order valence-electron chi connectivity index (χ1n) is 12.6. The minimum Gasteiger partial charge on any atom is -0.491 e. The minimum absolute atomic E-state index is 0.000159. The third kappa shape index (κ3) is 6.42. The SMILES string of the molecule is CO[C@@H]1CN(C)C(=O)c2ccc(NC(=O)C3CC3)cc2OC[C@H](C)N(Cc2ccc(F)cc2)C[C@@H]1C. The monoisotopic (exact) mass is 497 g/mol. The first kappa shape index (κ1) is 26.1. The van der Waals surface area contributed by atoms with Gasteiger partial charge in [-0.3, -0.25) is 14.5 Å². The van der Waals surface area contributed by atoms with Gasteiger partial charge in [-0.05, 0) is 55.5 Å². The molecule has 0 aromatic heterocycles. The van der Waals surface area contributed by atoms with Crippen molar-refractivity contribution < 1.29 is 23.5 Å². The average molecular weight is 498 g/mol. The molecule has 1 N–H and O–H groups in total. The predicted molar refractivity (Wildman–Crippen MR) is 136 cm³/mol. The summed E-state index contributed by atoms with van der Waals surface area (Å²) in [5, 5.41) is 2.94. The Morgan fingerprint density at radius 2 is 1.86 bits per heavy atom. The van der Waals surface area contributed by atoms with Crippen LogP contribution in [-0.2, 0) is 16.1 Å². The number of benzene rings is 2. The van der Waals surface area contributed by atoms with Gasteiger partial charge in [0.1, 0.15) is 18.2 Å². The van der Waals surface area contributed by atoms with Crippen LogP contribution in [0.15, 0.2) is 42.5 Å². The number of anilines is 1. The molecule has 0 bridgehead atoms. The van der Waals surface area contributed by atoms with Gasteiger partial charge >= 0.3 is 0 Å². The van der Waals surface area contributed by atoms with Crippen LogP contribution in [0.2, 0.25) is 0 Å². The van der Waals surface area contributed by atoms with Crippen LogP contribution in [0.3, 0.4) is 0 Å². The molecular formula is C28H36FN3O4. The zero-order valence-corrected chi connectivity index (χ0v) is 21.5. The molecule has 1 aliphatic heterocycles. The lowest BCUT2D eigenvalue weighted by Crippen LogP contribution is -2.46. The van der Waals surface area contributed by atoms with Crippen molar-refractivity contribution in [1.82, 2.24) is 9.80 Å². The highest BCUT2D eigenvalue weighted by Gasteiger charge is 2.31. The Labute approximate surface area is 212 Å². The summed E-state index contributed by atoms with van der Waals surface area (Å²) in [6.45, 7) is 6.31. The molecule has 0 spiro atoms. The molecule has 0 unspecified atom stereocenters. The van der Waals surface area contributed by atoms with Gasteiger partial charge in [0.25, 0.3) is 5.91 Å². The maximum Gasteiger partial charge on any atom is 0.257 e. The third-order valence-electron chi connectivity index (χ3n) is 7.09. The number of nitrogens with one attached hydrogen (secondary N) is 1. The van der Waals surface area contributed by atoms with E-state index in [2.05, 4.69) is 24.1 Å². The maximum atomic E-state index is 13.5. The molecule has 7 nitrogen and oxygen atoms in total. The number of amides is 2. The first-order chi connectivity index (χ1) is 17.2. The molecule has 0 radical (unpaired) electrons. The number of carbonyl (C=O) groups is 2. The highest BCUT2D eigenvalue weighted by Crippen LogP contribution is 2.32. The Morgan fingerprint density at radius 1 is 1.14 bits per heavy atom. The fourth-order valence-electron chi connectivity index (χ4n) is 4.56. The standard InChI is InChI=1S/C28H36FN3O4/c1-18-14-32(15-20-5-9-22(29)10-6-20)19(2)17-36-25-13-23(30-27(33)21-7-8-21)11-12-24(25)28(34)31(3)16-26(18)35-4/h5-6,9-13,18-19,21,26H,7-8,14-17H2,1-4H3,(H,30,33)/t18-,19-,26+/m0/s1. The van der Waals surface area contributed by atoms with Crippen LogP contribution in [0.5, 0.6) is 5.75 Å². The van der Waals surface area contributed by atoms with Gasteiger partial charge in [0, 0.05) is 57.5 Å². The van der Waals surface area contributed by atoms with E-state index in [4.69, 9.17) is 9.47 Å². The van der Waals surface area contributed by atoms with Crippen LogP contribution in [0.4, 0.5) is 10.1 Å². The van der Waals surface area contributed by atoms with E-state index in [9.17, 15) is 14.0 Å². The van der Waals surface area contributed by atoms with Crippen molar-refractivity contribution in [3.63, 3.8) is 0 Å². The molecule has 2 aromatic rings. The van der Waals surface area contributed by atoms with Gasteiger partial charge in [0.15, 0.2) is 0 Å². The molecule has 2 aromatic carbocycles. The van der Waals surface area contributed by atoms with E-state index in [0.29, 0.717) is 43.2 Å². The molecule has 1 saturated carbocycles. The van der Waals surface area contributed by atoms with Gasteiger partial charge in [-0.2, -0.15) is 0 Å². The average Bonchev–Trinajstić information content (AvgIpc) is 3.71. The topological polar surface area (TPSA) is 71.1 Å². The Kier molecular flexibility index (Phi) is 8.26. The van der Waals surface area contributed by atoms with Crippen molar-refractivity contribution in [3.05, 3.63) is 59.4 Å². The molecule has 4 rings (SSSR count). The second-order valence-corrected chi connectivity index (χ2v) is 10.1. The number of fused-ring (bicyclic) bond motifs is 1. The normalized spacial score (nSPS) is 23.8. The number of hydrogen-bond acceptors (Lipinski definition) is 5. The van der Waals surface area contributed by atoms with E-state index in [0.717, 1.165) is 18.4 Å². The van der Waals surface area contributed by atoms with E-state index < -0.39 is 0 Å². The summed E-state index contributed by atoms with van der Waals surface area (Å²) in [7, 11) is 3.43. The van der Waals surface area contributed by atoms with Crippen molar-refractivity contribution in [3.8, 4) is 5.75 Å². The zero-order chi connectivity index (χ0) is 25.8. The molecule has 2 aliphatic rings. The smallest absolute Gasteiger partial charge is 0.257 e. The van der Waals surface area contributed by atoms with Crippen LogP contribution < -0.4 is 10.1 Å². The molecular weight excluding hydrogens is 461 g/mol. The van der Waals surface area contributed by atoms with Crippen LogP contribution in [0, 0.1) is 17.7 Å². The van der Waals surface area contributed by atoms with Crippen LogP contribution in [-0.4, -0.2) is 67.6 Å². The Bertz CT molecular complexity index is 1070. The molecule has 194 valence electrons. The Morgan fingerprint density at radius 3 is 2.53 bits per heavy atom. The Hall–Kier alpha value is -2.97. The summed E-state index contributed by atoms with van der Waals surface area (Å²) in [6, 6.07) is 11.8. The largest absolute Gasteiger partial charge is 0.491 e. The number of likely N-dealkylation sites (N-methyl/N-ethyl adjacent to an activating group) is 1. The van der Waals surface area contributed by atoms with E-state index in [1.54, 1.807) is 49.4 Å². The number of halogens is 1. The molecule has 1 fully saturated rings. The number of methoxy groups -OCH3 is 1. The summed E-state index contributed by atoms with van der Waals surface area (Å²) >= 11 is 0. The second-order valence-electron chi connectivity index (χ2n) is 10.1. The lowest BCUT2D eigenvalue weighted by atomic mass is 10.0. The highest BCUT2D eigenvalue weighted by atomic mass is 19.1. The number of ether oxygens (including phenoxy) is 2. The van der Waals surface area contributed by atoms with E-state index >= 15 is 0 Å². The summed E-state index contributed by atoms with van der Waals surface area (Å²) in [5.41, 5.74) is 2.07. The minimum atomic E-state index is -0.259. The van der Waals surface area contributed by atoms with Crippen molar-refractivity contribution in [2.75, 3.05) is 39.2 Å². The van der Waals surface area contributed by atoms with E-state index in [1.807, 2.05) is 0 Å². The number of carbonyl (C=O) groups excluding carboxylic acids is 2. The first-order valence-corrected chi connectivity index (χ1v) is 12.6. The number of nitrogens with zero attached hydrogens (tertiary/aromatic N) is 2. The van der Waals surface area contributed by atoms with Crippen molar-refractivity contribution in [1.29, 1.82) is 0 Å². The van der Waals surface area contributed by atoms with Crippen LogP contribution in [0.1, 0.15) is 42.6 Å². The third-order valence-corrected chi connectivity index (χ3v) is 7.09. The predicted octanol–water partition coefficient (Wildman–Crippen LogP) is 4.18. The molecule has 1 heterocycles. The Balaban J connectivity index is 1.62. The number of hydrogen-bond donors (Lipinski definition) is 1. The van der Waals surface area contributed by atoms with Crippen molar-refractivity contribution >= 4 is 17.5 Å². The van der Waals surface area contributed by atoms with Gasteiger partial charge in [0.2, 0.25) is 5.91 Å². The van der Waals surface area contributed by atoms with Gasteiger partial charge in [-0.1, -0.05) is 19.1 Å². The summed E-state index contributed by atoms with van der Waals surface area (Å²) in [5.74, 6) is 0.236. The number of rotatable bonds is 5. The quantitative estimate of drug-likeness (QED) is 0.671. The summed E-state index contributed by atoms with van der Waals surface area (Å²) in [4.78, 5) is 29.6. The molecule has 3 atom stereocenters. The van der Waals surface area contributed by atoms with Crippen LogP contribution >= 0.6 is 0 Å². The van der Waals surface area contributed by atoms with Gasteiger partial charge in [-0.15, -0.1) is 0 Å². The molecule has 2 amide bonds. The summed E-state index contributed by atoms with van der Waals surface area (Å²) < 4.78 is 25.5. The van der Waals surface area contributed by atoms with Gasteiger partial charge < -0.3 is 19.7 Å². The molecule has 1 aliphatic carbocycles. The van der Waals surface area contributed by atoms with Crippen LogP contribution in [0.25, 0.3) is 0 Å². The lowest BCUT2D eigenvalue weighted by Gasteiger charge is -2.36. The maximum absolute atomic E-state index is 13.5. The van der Waals surface area contributed by atoms with Crippen molar-refractivity contribution in [2.45, 2.75) is 45.4 Å². The van der Waals surface area contributed by atoms with E-state index in [-0.39, 0.29) is 41.6 Å². The lowest BCUT2D eigenvalue weighted by molar-refractivity contribution is -0.117.